The molecule has 0 spiro atoms. The van der Waals surface area contributed by atoms with Crippen LogP contribution in [0.15, 0.2) is 24.3 Å². The molecule has 0 aliphatic rings. The van der Waals surface area contributed by atoms with Crippen LogP contribution in [0.1, 0.15) is 32.8 Å². The summed E-state index contributed by atoms with van der Waals surface area (Å²) in [6.45, 7) is 5.96. The highest BCUT2D eigenvalue weighted by Gasteiger charge is 2.21. The monoisotopic (exact) mass is 210 g/mol. The highest BCUT2D eigenvalue weighted by atomic mass is 19.1. The fourth-order valence-electron chi connectivity index (χ4n) is 1.43. The Morgan fingerprint density at radius 2 is 1.87 bits per heavy atom. The molecule has 15 heavy (non-hydrogen) atoms. The van der Waals surface area contributed by atoms with Gasteiger partial charge in [0.25, 0.3) is 0 Å². The minimum atomic E-state index is -0.392. The largest absolute Gasteiger partial charge is 0.393 e. The molecule has 84 valence electrons. The van der Waals surface area contributed by atoms with Gasteiger partial charge in [-0.15, -0.1) is 0 Å². The van der Waals surface area contributed by atoms with Gasteiger partial charge in [-0.25, -0.2) is 4.39 Å². The van der Waals surface area contributed by atoms with Crippen LogP contribution in [0.4, 0.5) is 4.39 Å². The van der Waals surface area contributed by atoms with Crippen molar-refractivity contribution < 1.29 is 9.50 Å². The van der Waals surface area contributed by atoms with Gasteiger partial charge < -0.3 is 5.11 Å². The second-order valence-corrected chi connectivity index (χ2v) is 5.01. The summed E-state index contributed by atoms with van der Waals surface area (Å²) in [5.74, 6) is -0.182. The highest BCUT2D eigenvalue weighted by Crippen LogP contribution is 2.23. The summed E-state index contributed by atoms with van der Waals surface area (Å²) >= 11 is 0. The number of hydrogen-bond acceptors (Lipinski definition) is 1. The van der Waals surface area contributed by atoms with Gasteiger partial charge in [-0.3, -0.25) is 0 Å². The van der Waals surface area contributed by atoms with E-state index >= 15 is 0 Å². The Hall–Kier alpha value is -0.890. The van der Waals surface area contributed by atoms with Gasteiger partial charge in [0.05, 0.1) is 6.10 Å². The number of benzene rings is 1. The normalized spacial score (nSPS) is 13.9. The van der Waals surface area contributed by atoms with Crippen LogP contribution in [0.2, 0.25) is 0 Å². The van der Waals surface area contributed by atoms with E-state index < -0.39 is 6.10 Å². The van der Waals surface area contributed by atoms with Crippen LogP contribution in [-0.4, -0.2) is 11.2 Å². The lowest BCUT2D eigenvalue weighted by atomic mass is 9.86. The minimum absolute atomic E-state index is 0.134. The average Bonchev–Trinajstić information content (AvgIpc) is 2.14. The molecule has 0 fully saturated rings. The Bertz CT molecular complexity index is 315. The van der Waals surface area contributed by atoms with E-state index in [9.17, 15) is 9.50 Å². The lowest BCUT2D eigenvalue weighted by molar-refractivity contribution is 0.0558. The Morgan fingerprint density at radius 1 is 1.27 bits per heavy atom. The van der Waals surface area contributed by atoms with Gasteiger partial charge in [0.15, 0.2) is 0 Å². The van der Waals surface area contributed by atoms with Crippen LogP contribution < -0.4 is 0 Å². The van der Waals surface area contributed by atoms with Crippen molar-refractivity contribution in [1.29, 1.82) is 0 Å². The van der Waals surface area contributed by atoms with Crippen LogP contribution >= 0.6 is 0 Å². The first-order valence-electron chi connectivity index (χ1n) is 5.33. The third-order valence-electron chi connectivity index (χ3n) is 2.64. The molecule has 1 rings (SSSR count). The summed E-state index contributed by atoms with van der Waals surface area (Å²) in [6.07, 6.45) is 0.798. The maximum absolute atomic E-state index is 13.3. The quantitative estimate of drug-likeness (QED) is 0.812. The molecule has 0 aromatic heterocycles. The zero-order valence-electron chi connectivity index (χ0n) is 9.63. The molecule has 0 heterocycles. The molecule has 1 N–H and O–H groups in total. The molecule has 0 aliphatic heterocycles. The molecule has 1 aromatic carbocycles. The van der Waals surface area contributed by atoms with E-state index in [1.165, 1.54) is 6.07 Å². The van der Waals surface area contributed by atoms with Crippen molar-refractivity contribution in [2.24, 2.45) is 5.41 Å². The van der Waals surface area contributed by atoms with Crippen LogP contribution in [0.5, 0.6) is 0 Å². The van der Waals surface area contributed by atoms with E-state index in [0.717, 1.165) is 0 Å². The predicted molar refractivity (Wildman–Crippen MR) is 60.2 cm³/mol. The summed E-state index contributed by atoms with van der Waals surface area (Å²) in [4.78, 5) is 0. The fourth-order valence-corrected chi connectivity index (χ4v) is 1.43. The number of rotatable bonds is 3. The van der Waals surface area contributed by atoms with E-state index in [4.69, 9.17) is 0 Å². The third-order valence-corrected chi connectivity index (χ3v) is 2.64. The van der Waals surface area contributed by atoms with Crippen molar-refractivity contribution in [2.45, 2.75) is 39.7 Å². The van der Waals surface area contributed by atoms with Crippen molar-refractivity contribution in [2.75, 3.05) is 0 Å². The summed E-state index contributed by atoms with van der Waals surface area (Å²) in [5, 5.41) is 9.82. The second kappa shape index (κ2) is 4.75. The Labute approximate surface area is 90.9 Å². The van der Waals surface area contributed by atoms with E-state index in [1.54, 1.807) is 12.1 Å². The van der Waals surface area contributed by atoms with E-state index in [0.29, 0.717) is 18.4 Å². The molecule has 2 heteroatoms. The Morgan fingerprint density at radius 3 is 2.40 bits per heavy atom. The first-order valence-corrected chi connectivity index (χ1v) is 5.33. The molecule has 0 radical (unpaired) electrons. The molecule has 0 saturated carbocycles. The van der Waals surface area contributed by atoms with Crippen molar-refractivity contribution in [3.05, 3.63) is 35.6 Å². The van der Waals surface area contributed by atoms with Gasteiger partial charge in [-0.05, 0) is 29.9 Å². The molecule has 0 amide bonds. The first kappa shape index (κ1) is 12.2. The Balaban J connectivity index is 2.55. The second-order valence-electron chi connectivity index (χ2n) is 5.01. The van der Waals surface area contributed by atoms with Gasteiger partial charge in [0.2, 0.25) is 0 Å². The van der Waals surface area contributed by atoms with E-state index in [1.807, 2.05) is 26.8 Å². The SMILES string of the molecule is CC(C)(C)C(O)CCc1ccccc1F. The molecule has 0 saturated heterocycles. The van der Waals surface area contributed by atoms with Gasteiger partial charge in [-0.2, -0.15) is 0 Å². The molecule has 0 aliphatic carbocycles. The standard InChI is InChI=1S/C13H19FO/c1-13(2,3)12(15)9-8-10-6-4-5-7-11(10)14/h4-7,12,15H,8-9H2,1-3H3. The highest BCUT2D eigenvalue weighted by molar-refractivity contribution is 5.17. The Kier molecular flexibility index (Phi) is 3.86. The molecular formula is C13H19FO. The summed E-state index contributed by atoms with van der Waals surface area (Å²) in [5.41, 5.74) is 0.548. The zero-order chi connectivity index (χ0) is 11.5. The van der Waals surface area contributed by atoms with Gasteiger partial charge in [0.1, 0.15) is 5.82 Å². The molecule has 0 bridgehead atoms. The first-order chi connectivity index (χ1) is 6.91. The fraction of sp³-hybridized carbons (Fsp3) is 0.538. The van der Waals surface area contributed by atoms with Crippen molar-refractivity contribution in [3.63, 3.8) is 0 Å². The predicted octanol–water partition coefficient (Wildman–Crippen LogP) is 3.17. The maximum atomic E-state index is 13.3. The maximum Gasteiger partial charge on any atom is 0.126 e. The van der Waals surface area contributed by atoms with Gasteiger partial charge in [0, 0.05) is 0 Å². The van der Waals surface area contributed by atoms with Gasteiger partial charge >= 0.3 is 0 Å². The molecular weight excluding hydrogens is 191 g/mol. The third kappa shape index (κ3) is 3.63. The lowest BCUT2D eigenvalue weighted by Crippen LogP contribution is -2.26. The number of aryl methyl sites for hydroxylation is 1. The van der Waals surface area contributed by atoms with Crippen LogP contribution in [0.25, 0.3) is 0 Å². The topological polar surface area (TPSA) is 20.2 Å². The summed E-state index contributed by atoms with van der Waals surface area (Å²) in [6, 6.07) is 6.73. The molecule has 1 aromatic rings. The average molecular weight is 210 g/mol. The van der Waals surface area contributed by atoms with Crippen molar-refractivity contribution in [1.82, 2.24) is 0 Å². The van der Waals surface area contributed by atoms with Crippen LogP contribution in [-0.2, 0) is 6.42 Å². The van der Waals surface area contributed by atoms with E-state index in [2.05, 4.69) is 0 Å². The lowest BCUT2D eigenvalue weighted by Gasteiger charge is -2.25. The van der Waals surface area contributed by atoms with E-state index in [-0.39, 0.29) is 11.2 Å². The minimum Gasteiger partial charge on any atom is -0.393 e. The molecule has 1 unspecified atom stereocenters. The van der Waals surface area contributed by atoms with Crippen molar-refractivity contribution >= 4 is 0 Å². The summed E-state index contributed by atoms with van der Waals surface area (Å²) in [7, 11) is 0. The number of hydrogen-bond donors (Lipinski definition) is 1. The number of aliphatic hydroxyl groups excluding tert-OH is 1. The zero-order valence-corrected chi connectivity index (χ0v) is 9.63. The number of halogens is 1. The number of aliphatic hydroxyl groups is 1. The smallest absolute Gasteiger partial charge is 0.126 e. The van der Waals surface area contributed by atoms with Gasteiger partial charge in [-0.1, -0.05) is 39.0 Å². The summed E-state index contributed by atoms with van der Waals surface area (Å²) < 4.78 is 13.3. The van der Waals surface area contributed by atoms with Crippen molar-refractivity contribution in [3.8, 4) is 0 Å². The molecule has 1 atom stereocenters. The molecule has 1 nitrogen and oxygen atoms in total. The van der Waals surface area contributed by atoms with Crippen LogP contribution in [0.3, 0.4) is 0 Å². The van der Waals surface area contributed by atoms with Crippen LogP contribution in [0, 0.1) is 11.2 Å².